The van der Waals surface area contributed by atoms with E-state index in [1.165, 1.54) is 6.08 Å². The van der Waals surface area contributed by atoms with Crippen molar-refractivity contribution in [2.75, 3.05) is 7.05 Å². The minimum atomic E-state index is -0.317. The Hall–Kier alpha value is -5.35. The Labute approximate surface area is 309 Å². The number of pyridine rings is 2. The van der Waals surface area contributed by atoms with Crippen LogP contribution in [-0.4, -0.2) is 33.8 Å². The van der Waals surface area contributed by atoms with E-state index in [-0.39, 0.29) is 25.0 Å². The lowest BCUT2D eigenvalue weighted by atomic mass is 10.0. The van der Waals surface area contributed by atoms with Gasteiger partial charge in [0, 0.05) is 75.6 Å². The number of rotatable bonds is 12. The predicted molar refractivity (Wildman–Crippen MR) is 201 cm³/mol. The molecule has 3 aromatic carbocycles. The first-order valence-corrected chi connectivity index (χ1v) is 17.0. The third-order valence-electron chi connectivity index (χ3n) is 8.00. The maximum Gasteiger partial charge on any atom is 0.251 e. The minimum absolute atomic E-state index is 0.0490. The molecule has 0 aliphatic rings. The molecular weight excluding hydrogens is 709 g/mol. The van der Waals surface area contributed by atoms with E-state index < -0.39 is 0 Å². The normalized spacial score (nSPS) is 11.2. The molecule has 3 aromatic heterocycles. The molecule has 0 saturated heterocycles. The number of nitrogens with one attached hydrogen (secondary N) is 3. The monoisotopic (exact) mass is 739 g/mol. The highest BCUT2D eigenvalue weighted by Gasteiger charge is 2.20. The van der Waals surface area contributed by atoms with Gasteiger partial charge in [0.15, 0.2) is 0 Å². The van der Waals surface area contributed by atoms with Crippen molar-refractivity contribution in [3.8, 4) is 22.6 Å². The molecule has 9 nitrogen and oxygen atoms in total. The molecule has 0 radical (unpaired) electrons. The summed E-state index contributed by atoms with van der Waals surface area (Å²) in [6, 6.07) is 23.6. The topological polar surface area (TPSA) is 118 Å². The van der Waals surface area contributed by atoms with Gasteiger partial charge in [-0.15, -0.1) is 0 Å². The van der Waals surface area contributed by atoms with Gasteiger partial charge in [-0.3, -0.25) is 14.6 Å². The number of carbonyl (C=O) groups is 2. The lowest BCUT2D eigenvalue weighted by molar-refractivity contribution is -0.116. The van der Waals surface area contributed by atoms with Gasteiger partial charge >= 0.3 is 0 Å². The number of hydrogen-bond donors (Lipinski definition) is 3. The maximum atomic E-state index is 12.7. The molecule has 6 aromatic rings. The third-order valence-corrected chi connectivity index (χ3v) is 9.09. The fraction of sp³-hybridized carbons (Fsp3) is 0.128. The average molecular weight is 741 g/mol. The molecule has 0 aliphatic heterocycles. The molecule has 0 fully saturated rings. The second-order valence-corrected chi connectivity index (χ2v) is 12.6. The Kier molecular flexibility index (Phi) is 11.2. The van der Waals surface area contributed by atoms with Gasteiger partial charge in [-0.2, -0.15) is 0 Å². The van der Waals surface area contributed by atoms with E-state index >= 15 is 0 Å². The average Bonchev–Trinajstić information content (AvgIpc) is 3.51. The molecule has 6 rings (SSSR count). The number of hydrogen-bond acceptors (Lipinski definition) is 6. The molecule has 12 heteroatoms. The van der Waals surface area contributed by atoms with E-state index in [2.05, 4.69) is 20.6 Å². The summed E-state index contributed by atoms with van der Waals surface area (Å²) in [4.78, 5) is 36.7. The predicted octanol–water partition coefficient (Wildman–Crippen LogP) is 8.74. The Morgan fingerprint density at radius 3 is 2.47 bits per heavy atom. The van der Waals surface area contributed by atoms with E-state index in [0.29, 0.717) is 66.6 Å². The molecule has 0 bridgehead atoms. The molecule has 0 saturated carbocycles. The van der Waals surface area contributed by atoms with Crippen molar-refractivity contribution in [3.05, 3.63) is 146 Å². The highest BCUT2D eigenvalue weighted by molar-refractivity contribution is 6.39. The Bertz CT molecular complexity index is 2240. The van der Waals surface area contributed by atoms with Crippen molar-refractivity contribution < 1.29 is 19.1 Å². The number of amides is 2. The van der Waals surface area contributed by atoms with Crippen LogP contribution in [0.25, 0.3) is 28.1 Å². The smallest absolute Gasteiger partial charge is 0.251 e. The summed E-state index contributed by atoms with van der Waals surface area (Å²) in [5, 5.41) is 7.45. The first-order valence-electron chi connectivity index (χ1n) is 15.9. The number of aryl methyl sites for hydroxylation is 1. The summed E-state index contributed by atoms with van der Waals surface area (Å²) >= 11 is 20.3. The van der Waals surface area contributed by atoms with Crippen LogP contribution < -0.4 is 20.1 Å². The maximum absolute atomic E-state index is 12.7. The molecule has 0 spiro atoms. The molecule has 2 amide bonds. The summed E-state index contributed by atoms with van der Waals surface area (Å²) in [6.45, 7) is 2.40. The van der Waals surface area contributed by atoms with Crippen LogP contribution in [0.2, 0.25) is 15.1 Å². The van der Waals surface area contributed by atoms with Crippen molar-refractivity contribution in [1.82, 2.24) is 25.6 Å². The molecule has 51 heavy (non-hydrogen) atoms. The second kappa shape index (κ2) is 16.1. The Morgan fingerprint density at radius 1 is 0.902 bits per heavy atom. The molecule has 0 unspecified atom stereocenters. The van der Waals surface area contributed by atoms with Crippen molar-refractivity contribution in [3.63, 3.8) is 0 Å². The second-order valence-electron chi connectivity index (χ2n) is 11.4. The zero-order chi connectivity index (χ0) is 35.9. The summed E-state index contributed by atoms with van der Waals surface area (Å²) < 4.78 is 12.5. The number of fused-ring (bicyclic) bond motifs is 1. The van der Waals surface area contributed by atoms with Gasteiger partial charge in [0.25, 0.3) is 5.91 Å². The number of nitrogens with zero attached hydrogens (tertiary/aromatic N) is 2. The van der Waals surface area contributed by atoms with Gasteiger partial charge in [0.05, 0.1) is 22.3 Å². The highest BCUT2D eigenvalue weighted by Crippen LogP contribution is 2.41. The first-order chi connectivity index (χ1) is 24.7. The van der Waals surface area contributed by atoms with Crippen LogP contribution in [0.15, 0.2) is 97.3 Å². The summed E-state index contributed by atoms with van der Waals surface area (Å²) in [7, 11) is 1.57. The van der Waals surface area contributed by atoms with E-state index in [1.54, 1.807) is 61.9 Å². The number of aromatic nitrogens is 3. The van der Waals surface area contributed by atoms with Gasteiger partial charge < -0.3 is 25.1 Å². The van der Waals surface area contributed by atoms with Gasteiger partial charge in [-0.25, -0.2) is 4.98 Å². The molecule has 0 atom stereocenters. The summed E-state index contributed by atoms with van der Waals surface area (Å²) in [5.41, 5.74) is 5.98. The van der Waals surface area contributed by atoms with Crippen LogP contribution in [-0.2, 0) is 24.6 Å². The van der Waals surface area contributed by atoms with Gasteiger partial charge in [-0.1, -0.05) is 65.1 Å². The Morgan fingerprint density at radius 2 is 1.71 bits per heavy atom. The van der Waals surface area contributed by atoms with Gasteiger partial charge in [0.1, 0.15) is 30.2 Å². The van der Waals surface area contributed by atoms with Crippen molar-refractivity contribution in [2.45, 2.75) is 26.7 Å². The number of halogens is 3. The first kappa shape index (κ1) is 35.5. The van der Waals surface area contributed by atoms with E-state index in [4.69, 9.17) is 49.3 Å². The number of ether oxygens (including phenoxy) is 2. The lowest BCUT2D eigenvalue weighted by Gasteiger charge is -2.16. The van der Waals surface area contributed by atoms with Crippen LogP contribution in [0.3, 0.4) is 0 Å². The van der Waals surface area contributed by atoms with Crippen molar-refractivity contribution in [2.24, 2.45) is 0 Å². The standard InChI is InChI=1S/C39H32Cl3N5O4/c1-23-18-34(50-21-26-6-3-4-17-44-26)27-7-5-8-33(38(27)47-23)51-22-29-30(40)15-14-28(37(29)42)36-31(41)19-45-32(36)20-46-35(48)16-11-24-9-12-25(13-10-24)39(49)43-2/h3-19,45H,20-22H2,1-2H3,(H,43,49)(H,46,48). The van der Waals surface area contributed by atoms with Crippen LogP contribution in [0.5, 0.6) is 11.5 Å². The van der Waals surface area contributed by atoms with Crippen LogP contribution in [0.1, 0.15) is 38.6 Å². The van der Waals surface area contributed by atoms with Gasteiger partial charge in [0.2, 0.25) is 5.91 Å². The van der Waals surface area contributed by atoms with Crippen LogP contribution in [0.4, 0.5) is 0 Å². The van der Waals surface area contributed by atoms with Crippen LogP contribution in [0, 0.1) is 6.92 Å². The fourth-order valence-electron chi connectivity index (χ4n) is 5.42. The SMILES string of the molecule is CNC(=O)c1ccc(C=CC(=O)NCc2[nH]cc(Cl)c2-c2ccc(Cl)c(COc3cccc4c(OCc5ccccn5)cc(C)nc34)c2Cl)cc1. The zero-order valence-electron chi connectivity index (χ0n) is 27.6. The number of para-hydroxylation sites is 1. The number of benzene rings is 3. The molecule has 3 N–H and O–H groups in total. The lowest BCUT2D eigenvalue weighted by Crippen LogP contribution is -2.20. The van der Waals surface area contributed by atoms with Crippen LogP contribution >= 0.6 is 34.8 Å². The third kappa shape index (κ3) is 8.35. The molecule has 258 valence electrons. The highest BCUT2D eigenvalue weighted by atomic mass is 35.5. The number of H-pyrrole nitrogens is 1. The van der Waals surface area contributed by atoms with Gasteiger partial charge in [-0.05, 0) is 61.0 Å². The fourth-order valence-corrected chi connectivity index (χ4v) is 6.27. The largest absolute Gasteiger partial charge is 0.487 e. The summed E-state index contributed by atoms with van der Waals surface area (Å²) in [6.07, 6.45) is 6.45. The molecular formula is C39H32Cl3N5O4. The van der Waals surface area contributed by atoms with Crippen molar-refractivity contribution in [1.29, 1.82) is 0 Å². The van der Waals surface area contributed by atoms with E-state index in [9.17, 15) is 9.59 Å². The van der Waals surface area contributed by atoms with E-state index in [1.807, 2.05) is 49.4 Å². The van der Waals surface area contributed by atoms with Crippen molar-refractivity contribution >= 4 is 63.6 Å². The number of aromatic amines is 1. The zero-order valence-corrected chi connectivity index (χ0v) is 29.9. The summed E-state index contributed by atoms with van der Waals surface area (Å²) in [5.74, 6) is 0.705. The molecule has 0 aliphatic carbocycles. The quantitative estimate of drug-likeness (QED) is 0.108. The minimum Gasteiger partial charge on any atom is -0.487 e. The molecule has 3 heterocycles. The number of carbonyl (C=O) groups excluding carboxylic acids is 2. The Balaban J connectivity index is 1.18. The van der Waals surface area contributed by atoms with E-state index in [0.717, 1.165) is 22.3 Å².